The minimum absolute atomic E-state index is 0.487. The van der Waals surface area contributed by atoms with E-state index >= 15 is 0 Å². The third-order valence-electron chi connectivity index (χ3n) is 3.22. The first-order valence-electron chi connectivity index (χ1n) is 6.69. The molecule has 0 unspecified atom stereocenters. The van der Waals surface area contributed by atoms with Crippen LogP contribution in [0.3, 0.4) is 0 Å². The molecule has 108 valence electrons. The number of anilines is 1. The molecule has 5 heteroatoms. The molecule has 0 saturated carbocycles. The van der Waals surface area contributed by atoms with Crippen LogP contribution in [0.1, 0.15) is 12.5 Å². The molecule has 1 N–H and O–H groups in total. The third-order valence-corrected chi connectivity index (χ3v) is 3.96. The van der Waals surface area contributed by atoms with E-state index in [4.69, 9.17) is 27.6 Å². The first kappa shape index (κ1) is 14.2. The minimum Gasteiger partial charge on any atom is -0.436 e. The topological polar surface area (TPSA) is 38.1 Å². The van der Waals surface area contributed by atoms with Gasteiger partial charge in [0, 0.05) is 17.8 Å². The van der Waals surface area contributed by atoms with Crippen LogP contribution in [0.25, 0.3) is 22.6 Å². The van der Waals surface area contributed by atoms with Gasteiger partial charge < -0.3 is 9.73 Å². The predicted octanol–water partition coefficient (Wildman–Crippen LogP) is 5.54. The van der Waals surface area contributed by atoms with Crippen molar-refractivity contribution in [2.45, 2.75) is 13.8 Å². The van der Waals surface area contributed by atoms with Crippen LogP contribution < -0.4 is 5.32 Å². The van der Waals surface area contributed by atoms with E-state index in [2.05, 4.69) is 23.3 Å². The zero-order valence-electron chi connectivity index (χ0n) is 11.7. The van der Waals surface area contributed by atoms with Crippen LogP contribution in [0.5, 0.6) is 0 Å². The zero-order chi connectivity index (χ0) is 15.0. The molecule has 2 aromatic carbocycles. The molecule has 0 saturated heterocycles. The number of aryl methyl sites for hydroxylation is 1. The lowest BCUT2D eigenvalue weighted by atomic mass is 10.2. The highest BCUT2D eigenvalue weighted by Gasteiger charge is 2.12. The quantitative estimate of drug-likeness (QED) is 0.688. The van der Waals surface area contributed by atoms with Crippen molar-refractivity contribution in [1.82, 2.24) is 4.98 Å². The number of fused-ring (bicyclic) bond motifs is 1. The standard InChI is InChI=1S/C16H14Cl2N2O/c1-3-19-11-6-9(2)15-14(8-11)20-16(21-15)10-4-5-12(17)13(18)7-10/h4-8,19H,3H2,1-2H3. The summed E-state index contributed by atoms with van der Waals surface area (Å²) in [5, 5.41) is 4.29. The van der Waals surface area contributed by atoms with E-state index in [-0.39, 0.29) is 0 Å². The summed E-state index contributed by atoms with van der Waals surface area (Å²) >= 11 is 12.0. The Hall–Kier alpha value is -1.71. The van der Waals surface area contributed by atoms with Gasteiger partial charge in [-0.15, -0.1) is 0 Å². The molecule has 0 radical (unpaired) electrons. The van der Waals surface area contributed by atoms with Crippen molar-refractivity contribution >= 4 is 40.0 Å². The number of oxazole rings is 1. The third kappa shape index (κ3) is 2.71. The van der Waals surface area contributed by atoms with Gasteiger partial charge in [-0.25, -0.2) is 4.98 Å². The van der Waals surface area contributed by atoms with E-state index in [1.54, 1.807) is 12.1 Å². The molecule has 0 aliphatic carbocycles. The number of aromatic nitrogens is 1. The van der Waals surface area contributed by atoms with E-state index < -0.39 is 0 Å². The fourth-order valence-electron chi connectivity index (χ4n) is 2.26. The van der Waals surface area contributed by atoms with Crippen LogP contribution >= 0.6 is 23.2 Å². The van der Waals surface area contributed by atoms with E-state index in [0.717, 1.165) is 34.5 Å². The molecule has 1 heterocycles. The SMILES string of the molecule is CCNc1cc(C)c2oc(-c3ccc(Cl)c(Cl)c3)nc2c1. The lowest BCUT2D eigenvalue weighted by Gasteiger charge is -2.03. The Morgan fingerprint density at radius 1 is 1.14 bits per heavy atom. The summed E-state index contributed by atoms with van der Waals surface area (Å²) in [6.07, 6.45) is 0. The minimum atomic E-state index is 0.487. The van der Waals surface area contributed by atoms with Crippen molar-refractivity contribution in [3.63, 3.8) is 0 Å². The number of hydrogen-bond donors (Lipinski definition) is 1. The summed E-state index contributed by atoms with van der Waals surface area (Å²) < 4.78 is 5.87. The van der Waals surface area contributed by atoms with Crippen LogP contribution in [0.2, 0.25) is 10.0 Å². The van der Waals surface area contributed by atoms with E-state index in [0.29, 0.717) is 15.9 Å². The number of nitrogens with zero attached hydrogens (tertiary/aromatic N) is 1. The summed E-state index contributed by atoms with van der Waals surface area (Å²) in [6.45, 7) is 4.93. The summed E-state index contributed by atoms with van der Waals surface area (Å²) in [7, 11) is 0. The average molecular weight is 321 g/mol. The molecular formula is C16H14Cl2N2O. The summed E-state index contributed by atoms with van der Waals surface area (Å²) in [5.41, 5.74) is 4.51. The van der Waals surface area contributed by atoms with Gasteiger partial charge in [-0.2, -0.15) is 0 Å². The maximum Gasteiger partial charge on any atom is 0.227 e. The molecular weight excluding hydrogens is 307 g/mol. The van der Waals surface area contributed by atoms with Gasteiger partial charge >= 0.3 is 0 Å². The molecule has 21 heavy (non-hydrogen) atoms. The van der Waals surface area contributed by atoms with Crippen LogP contribution in [0.4, 0.5) is 5.69 Å². The highest BCUT2D eigenvalue weighted by Crippen LogP contribution is 2.32. The summed E-state index contributed by atoms with van der Waals surface area (Å²) in [5.74, 6) is 0.542. The molecule has 0 aliphatic heterocycles. The molecule has 3 aromatic rings. The monoisotopic (exact) mass is 320 g/mol. The second-order valence-corrected chi connectivity index (χ2v) is 5.63. The van der Waals surface area contributed by atoms with Gasteiger partial charge in [0.15, 0.2) is 5.58 Å². The van der Waals surface area contributed by atoms with Crippen LogP contribution in [0.15, 0.2) is 34.7 Å². The summed E-state index contributed by atoms with van der Waals surface area (Å²) in [4.78, 5) is 4.55. The van der Waals surface area contributed by atoms with E-state index in [9.17, 15) is 0 Å². The van der Waals surface area contributed by atoms with Gasteiger partial charge in [-0.3, -0.25) is 0 Å². The molecule has 1 aromatic heterocycles. The summed E-state index contributed by atoms with van der Waals surface area (Å²) in [6, 6.07) is 9.38. The van der Waals surface area contributed by atoms with Crippen LogP contribution in [0, 0.1) is 6.92 Å². The van der Waals surface area contributed by atoms with Crippen LogP contribution in [-0.4, -0.2) is 11.5 Å². The molecule has 0 spiro atoms. The number of hydrogen-bond acceptors (Lipinski definition) is 3. The lowest BCUT2D eigenvalue weighted by molar-refractivity contribution is 0.617. The molecule has 0 atom stereocenters. The van der Waals surface area contributed by atoms with Crippen molar-refractivity contribution in [3.8, 4) is 11.5 Å². The van der Waals surface area contributed by atoms with Gasteiger partial charge in [-0.05, 0) is 49.7 Å². The Balaban J connectivity index is 2.11. The molecule has 0 fully saturated rings. The van der Waals surface area contributed by atoms with Gasteiger partial charge in [0.05, 0.1) is 10.0 Å². The maximum absolute atomic E-state index is 6.05. The zero-order valence-corrected chi connectivity index (χ0v) is 13.2. The molecule has 3 rings (SSSR count). The van der Waals surface area contributed by atoms with Gasteiger partial charge in [0.1, 0.15) is 5.52 Å². The number of rotatable bonds is 3. The number of nitrogens with one attached hydrogen (secondary N) is 1. The highest BCUT2D eigenvalue weighted by molar-refractivity contribution is 6.42. The first-order chi connectivity index (χ1) is 10.1. The lowest BCUT2D eigenvalue weighted by Crippen LogP contribution is -1.96. The van der Waals surface area contributed by atoms with E-state index in [1.165, 1.54) is 0 Å². The largest absolute Gasteiger partial charge is 0.436 e. The Labute approximate surface area is 132 Å². The normalized spacial score (nSPS) is 11.0. The van der Waals surface area contributed by atoms with Crippen molar-refractivity contribution in [2.24, 2.45) is 0 Å². The van der Waals surface area contributed by atoms with Gasteiger partial charge in [-0.1, -0.05) is 23.2 Å². The Morgan fingerprint density at radius 3 is 2.67 bits per heavy atom. The number of benzene rings is 2. The van der Waals surface area contributed by atoms with Crippen molar-refractivity contribution < 1.29 is 4.42 Å². The smallest absolute Gasteiger partial charge is 0.227 e. The highest BCUT2D eigenvalue weighted by atomic mass is 35.5. The van der Waals surface area contributed by atoms with Crippen LogP contribution in [-0.2, 0) is 0 Å². The number of halogens is 2. The molecule has 0 amide bonds. The molecule has 0 aliphatic rings. The fraction of sp³-hybridized carbons (Fsp3) is 0.188. The second kappa shape index (κ2) is 5.58. The first-order valence-corrected chi connectivity index (χ1v) is 7.44. The van der Waals surface area contributed by atoms with E-state index in [1.807, 2.05) is 19.1 Å². The fourth-order valence-corrected chi connectivity index (χ4v) is 2.56. The Kier molecular flexibility index (Phi) is 3.79. The molecule has 3 nitrogen and oxygen atoms in total. The maximum atomic E-state index is 6.05. The second-order valence-electron chi connectivity index (χ2n) is 4.82. The van der Waals surface area contributed by atoms with Gasteiger partial charge in [0.2, 0.25) is 5.89 Å². The molecule has 0 bridgehead atoms. The van der Waals surface area contributed by atoms with Crippen molar-refractivity contribution in [3.05, 3.63) is 45.9 Å². The Bertz CT molecular complexity index is 811. The predicted molar refractivity (Wildman–Crippen MR) is 88.4 cm³/mol. The Morgan fingerprint density at radius 2 is 1.95 bits per heavy atom. The average Bonchev–Trinajstić information content (AvgIpc) is 2.87. The van der Waals surface area contributed by atoms with Crippen molar-refractivity contribution in [1.29, 1.82) is 0 Å². The van der Waals surface area contributed by atoms with Gasteiger partial charge in [0.25, 0.3) is 0 Å². The van der Waals surface area contributed by atoms with Crippen molar-refractivity contribution in [2.75, 3.05) is 11.9 Å².